The summed E-state index contributed by atoms with van der Waals surface area (Å²) in [6.45, 7) is -0.207. The molecule has 9 heteroatoms. The van der Waals surface area contributed by atoms with Crippen LogP contribution in [0.4, 0.5) is 5.69 Å². The summed E-state index contributed by atoms with van der Waals surface area (Å²) in [5, 5.41) is 0. The second kappa shape index (κ2) is 5.45. The normalized spacial score (nSPS) is 20.2. The zero-order valence-electron chi connectivity index (χ0n) is 13.1. The van der Waals surface area contributed by atoms with Gasteiger partial charge in [0.2, 0.25) is 10.8 Å². The van der Waals surface area contributed by atoms with Gasteiger partial charge < -0.3 is 15.4 Å². The number of aromatic nitrogens is 2. The standard InChI is InChI=1S/C15H16N4O4S/c1-19-11-7-6-10(13(16)20)18-14(11)23-9-15(19,24(2,21)22)12-5-3-4-8-17-12/h3-8H,9H2,1-2H3,(H2,16,20). The van der Waals surface area contributed by atoms with E-state index in [0.29, 0.717) is 11.4 Å². The third-order valence-electron chi connectivity index (χ3n) is 4.08. The summed E-state index contributed by atoms with van der Waals surface area (Å²) in [5.74, 6) is -0.530. The summed E-state index contributed by atoms with van der Waals surface area (Å²) in [6, 6.07) is 8.05. The van der Waals surface area contributed by atoms with Gasteiger partial charge in [-0.25, -0.2) is 13.4 Å². The molecule has 0 aliphatic carbocycles. The number of nitrogens with two attached hydrogens (primary N) is 1. The van der Waals surface area contributed by atoms with Crippen LogP contribution in [0.3, 0.4) is 0 Å². The van der Waals surface area contributed by atoms with Crippen LogP contribution < -0.4 is 15.4 Å². The van der Waals surface area contributed by atoms with Gasteiger partial charge in [0.15, 0.2) is 9.84 Å². The third-order valence-corrected chi connectivity index (χ3v) is 5.91. The summed E-state index contributed by atoms with van der Waals surface area (Å²) >= 11 is 0. The third kappa shape index (κ3) is 2.28. The van der Waals surface area contributed by atoms with Gasteiger partial charge in [-0.05, 0) is 24.3 Å². The van der Waals surface area contributed by atoms with E-state index in [-0.39, 0.29) is 18.2 Å². The molecule has 2 N–H and O–H groups in total. The van der Waals surface area contributed by atoms with Crippen LogP contribution in [0.2, 0.25) is 0 Å². The van der Waals surface area contributed by atoms with Crippen molar-refractivity contribution in [2.75, 3.05) is 24.8 Å². The van der Waals surface area contributed by atoms with Crippen molar-refractivity contribution < 1.29 is 17.9 Å². The smallest absolute Gasteiger partial charge is 0.267 e. The summed E-state index contributed by atoms with van der Waals surface area (Å²) in [4.78, 5) is 19.6. The number of sulfone groups is 1. The lowest BCUT2D eigenvalue weighted by Crippen LogP contribution is -2.56. The van der Waals surface area contributed by atoms with Crippen molar-refractivity contribution in [1.82, 2.24) is 9.97 Å². The number of fused-ring (bicyclic) bond motifs is 1. The Morgan fingerprint density at radius 3 is 2.67 bits per heavy atom. The maximum absolute atomic E-state index is 12.6. The van der Waals surface area contributed by atoms with Gasteiger partial charge in [-0.15, -0.1) is 0 Å². The van der Waals surface area contributed by atoms with Crippen molar-refractivity contribution in [2.24, 2.45) is 5.73 Å². The highest BCUT2D eigenvalue weighted by Crippen LogP contribution is 2.43. The number of carbonyl (C=O) groups is 1. The fourth-order valence-electron chi connectivity index (χ4n) is 2.77. The van der Waals surface area contributed by atoms with E-state index in [2.05, 4.69) is 9.97 Å². The van der Waals surface area contributed by atoms with Crippen LogP contribution >= 0.6 is 0 Å². The first kappa shape index (κ1) is 16.2. The number of amides is 1. The van der Waals surface area contributed by atoms with Crippen molar-refractivity contribution in [3.05, 3.63) is 47.9 Å². The highest BCUT2D eigenvalue weighted by atomic mass is 32.2. The van der Waals surface area contributed by atoms with Gasteiger partial charge >= 0.3 is 0 Å². The van der Waals surface area contributed by atoms with Crippen LogP contribution in [-0.4, -0.2) is 44.2 Å². The summed E-state index contributed by atoms with van der Waals surface area (Å²) in [7, 11) is -2.01. The van der Waals surface area contributed by atoms with E-state index >= 15 is 0 Å². The number of carbonyl (C=O) groups excluding carboxylic acids is 1. The molecule has 0 fully saturated rings. The minimum Gasteiger partial charge on any atom is -0.472 e. The molecule has 1 atom stereocenters. The van der Waals surface area contributed by atoms with E-state index < -0.39 is 20.6 Å². The zero-order valence-corrected chi connectivity index (χ0v) is 13.9. The molecule has 3 rings (SSSR count). The maximum Gasteiger partial charge on any atom is 0.267 e. The Balaban J connectivity index is 2.20. The number of ether oxygens (including phenoxy) is 1. The molecule has 126 valence electrons. The van der Waals surface area contributed by atoms with Gasteiger partial charge in [-0.2, -0.15) is 0 Å². The molecule has 1 aliphatic rings. The van der Waals surface area contributed by atoms with Gasteiger partial charge in [-0.3, -0.25) is 9.78 Å². The number of pyridine rings is 2. The molecule has 2 aromatic heterocycles. The largest absolute Gasteiger partial charge is 0.472 e. The van der Waals surface area contributed by atoms with Crippen molar-refractivity contribution in [2.45, 2.75) is 4.87 Å². The molecule has 0 bridgehead atoms. The van der Waals surface area contributed by atoms with Crippen LogP contribution in [0.25, 0.3) is 0 Å². The number of rotatable bonds is 3. The van der Waals surface area contributed by atoms with Crippen molar-refractivity contribution >= 4 is 21.4 Å². The molecule has 2 aromatic rings. The molecule has 0 radical (unpaired) electrons. The first-order chi connectivity index (χ1) is 11.3. The summed E-state index contributed by atoms with van der Waals surface area (Å²) in [6.07, 6.45) is 2.66. The van der Waals surface area contributed by atoms with Crippen LogP contribution in [0, 0.1) is 0 Å². The lowest BCUT2D eigenvalue weighted by atomic mass is 10.1. The lowest BCUT2D eigenvalue weighted by molar-refractivity contribution is 0.0993. The quantitative estimate of drug-likeness (QED) is 0.848. The predicted molar refractivity (Wildman–Crippen MR) is 87.4 cm³/mol. The van der Waals surface area contributed by atoms with Crippen molar-refractivity contribution in [3.63, 3.8) is 0 Å². The fourth-order valence-corrected chi connectivity index (χ4v) is 4.14. The van der Waals surface area contributed by atoms with Crippen LogP contribution in [0.5, 0.6) is 5.88 Å². The number of likely N-dealkylation sites (N-methyl/N-ethyl adjacent to an activating group) is 1. The highest BCUT2D eigenvalue weighted by molar-refractivity contribution is 7.91. The molecule has 1 unspecified atom stereocenters. The number of hydrogen-bond acceptors (Lipinski definition) is 7. The summed E-state index contributed by atoms with van der Waals surface area (Å²) in [5.41, 5.74) is 6.05. The fraction of sp³-hybridized carbons (Fsp3) is 0.267. The van der Waals surface area contributed by atoms with Crippen LogP contribution in [0.15, 0.2) is 36.5 Å². The van der Waals surface area contributed by atoms with E-state index in [1.807, 2.05) is 0 Å². The number of primary amides is 1. The molecule has 0 spiro atoms. The molecule has 1 amide bonds. The minimum absolute atomic E-state index is 0.0480. The van der Waals surface area contributed by atoms with E-state index in [1.165, 1.54) is 12.3 Å². The van der Waals surface area contributed by atoms with Crippen molar-refractivity contribution in [1.29, 1.82) is 0 Å². The number of anilines is 1. The van der Waals surface area contributed by atoms with E-state index in [0.717, 1.165) is 6.26 Å². The lowest BCUT2D eigenvalue weighted by Gasteiger charge is -2.44. The van der Waals surface area contributed by atoms with E-state index in [4.69, 9.17) is 10.5 Å². The first-order valence-electron chi connectivity index (χ1n) is 7.06. The van der Waals surface area contributed by atoms with Crippen LogP contribution in [0.1, 0.15) is 16.2 Å². The molecular formula is C15H16N4O4S. The second-order valence-corrected chi connectivity index (χ2v) is 7.72. The Kier molecular flexibility index (Phi) is 3.67. The predicted octanol–water partition coefficient (Wildman–Crippen LogP) is 0.302. The Hall–Kier alpha value is -2.68. The molecule has 0 saturated carbocycles. The molecule has 8 nitrogen and oxygen atoms in total. The Bertz CT molecular complexity index is 901. The topological polar surface area (TPSA) is 115 Å². The Morgan fingerprint density at radius 1 is 1.33 bits per heavy atom. The van der Waals surface area contributed by atoms with Crippen molar-refractivity contribution in [3.8, 4) is 5.88 Å². The first-order valence-corrected chi connectivity index (χ1v) is 8.95. The number of nitrogens with zero attached hydrogens (tertiary/aromatic N) is 3. The molecule has 0 saturated heterocycles. The molecule has 0 aromatic carbocycles. The number of hydrogen-bond donors (Lipinski definition) is 1. The Labute approximate surface area is 139 Å². The zero-order chi connectivity index (χ0) is 17.5. The molecule has 24 heavy (non-hydrogen) atoms. The van der Waals surface area contributed by atoms with E-state index in [1.54, 1.807) is 36.2 Å². The van der Waals surface area contributed by atoms with Gasteiger partial charge in [0.05, 0.1) is 5.69 Å². The second-order valence-electron chi connectivity index (χ2n) is 5.50. The molecule has 1 aliphatic heterocycles. The SMILES string of the molecule is CN1c2ccc(C(N)=O)nc2OCC1(c1ccccn1)S(C)(=O)=O. The van der Waals surface area contributed by atoms with Gasteiger partial charge in [0.25, 0.3) is 5.91 Å². The maximum atomic E-state index is 12.6. The van der Waals surface area contributed by atoms with Gasteiger partial charge in [0.1, 0.15) is 18.0 Å². The van der Waals surface area contributed by atoms with E-state index in [9.17, 15) is 13.2 Å². The minimum atomic E-state index is -3.64. The highest BCUT2D eigenvalue weighted by Gasteiger charge is 2.52. The molecular weight excluding hydrogens is 332 g/mol. The molecule has 3 heterocycles. The average Bonchev–Trinajstić information content (AvgIpc) is 2.54. The Morgan fingerprint density at radius 2 is 2.08 bits per heavy atom. The van der Waals surface area contributed by atoms with Gasteiger partial charge in [-0.1, -0.05) is 6.07 Å². The average molecular weight is 348 g/mol. The summed E-state index contributed by atoms with van der Waals surface area (Å²) < 4.78 is 30.9. The van der Waals surface area contributed by atoms with Crippen LogP contribution in [-0.2, 0) is 14.7 Å². The monoisotopic (exact) mass is 348 g/mol. The van der Waals surface area contributed by atoms with Gasteiger partial charge in [0, 0.05) is 19.5 Å².